The Morgan fingerprint density at radius 1 is 1.28 bits per heavy atom. The summed E-state index contributed by atoms with van der Waals surface area (Å²) in [6, 6.07) is 0. The molecule has 0 aliphatic carbocycles. The van der Waals surface area contributed by atoms with Gasteiger partial charge in [-0.1, -0.05) is 0 Å². The second-order valence-electron chi connectivity index (χ2n) is 6.29. The van der Waals surface area contributed by atoms with E-state index in [0.29, 0.717) is 34.6 Å². The predicted octanol–water partition coefficient (Wildman–Crippen LogP) is 1.72. The lowest BCUT2D eigenvalue weighted by molar-refractivity contribution is -0.120. The summed E-state index contributed by atoms with van der Waals surface area (Å²) < 4.78 is 28.5. The Morgan fingerprint density at radius 3 is 2.80 bits per heavy atom. The highest BCUT2D eigenvalue weighted by atomic mass is 19.3. The minimum absolute atomic E-state index is 0.0440. The second kappa shape index (κ2) is 7.28. The van der Waals surface area contributed by atoms with Crippen LogP contribution in [0.5, 0.6) is 0 Å². The third kappa shape index (κ3) is 3.69. The fourth-order valence-corrected chi connectivity index (χ4v) is 3.23. The largest absolute Gasteiger partial charge is 0.355 e. The molecule has 0 fully saturated rings. The Labute approximate surface area is 144 Å². The third-order valence-corrected chi connectivity index (χ3v) is 4.60. The quantitative estimate of drug-likeness (QED) is 0.859. The van der Waals surface area contributed by atoms with Gasteiger partial charge < -0.3 is 9.88 Å². The van der Waals surface area contributed by atoms with Crippen molar-refractivity contribution >= 4 is 5.91 Å². The van der Waals surface area contributed by atoms with Crippen LogP contribution in [-0.4, -0.2) is 37.0 Å². The summed E-state index contributed by atoms with van der Waals surface area (Å²) in [4.78, 5) is 12.1. The zero-order valence-electron chi connectivity index (χ0n) is 14.4. The Morgan fingerprint density at radius 2 is 2.08 bits per heavy atom. The van der Waals surface area contributed by atoms with Crippen LogP contribution in [0.4, 0.5) is 8.78 Å². The van der Waals surface area contributed by atoms with Gasteiger partial charge in [-0.3, -0.25) is 4.79 Å². The van der Waals surface area contributed by atoms with Crippen LogP contribution in [-0.2, 0) is 30.6 Å². The average molecular weight is 352 g/mol. The number of rotatable bonds is 6. The number of nitrogens with one attached hydrogen (secondary N) is 1. The van der Waals surface area contributed by atoms with Gasteiger partial charge in [0.1, 0.15) is 11.6 Å². The first-order valence-corrected chi connectivity index (χ1v) is 8.47. The monoisotopic (exact) mass is 352 g/mol. The van der Waals surface area contributed by atoms with Crippen molar-refractivity contribution in [1.29, 1.82) is 0 Å². The van der Waals surface area contributed by atoms with E-state index in [4.69, 9.17) is 0 Å². The molecule has 1 aliphatic heterocycles. The number of nitrogens with zero attached hydrogens (tertiary/aromatic N) is 5. The van der Waals surface area contributed by atoms with Gasteiger partial charge in [-0.2, -0.15) is 13.9 Å². The standard InChI is InChI=1S/C16H22F2N6O/c1-10-12(11(2)24(22-10)16(17)18)9-15(25)19-7-6-14-21-20-13-5-3-4-8-23(13)14/h16H,3-9H2,1-2H3,(H,19,25). The number of aryl methyl sites for hydroxylation is 2. The number of carbonyl (C=O) groups is 1. The minimum atomic E-state index is -2.70. The molecule has 0 radical (unpaired) electrons. The average Bonchev–Trinajstić information content (AvgIpc) is 3.11. The van der Waals surface area contributed by atoms with Crippen molar-refractivity contribution < 1.29 is 13.6 Å². The van der Waals surface area contributed by atoms with Gasteiger partial charge >= 0.3 is 6.55 Å². The highest BCUT2D eigenvalue weighted by Crippen LogP contribution is 2.19. The lowest BCUT2D eigenvalue weighted by Gasteiger charge is -2.14. The minimum Gasteiger partial charge on any atom is -0.355 e. The van der Waals surface area contributed by atoms with Crippen LogP contribution >= 0.6 is 0 Å². The molecule has 25 heavy (non-hydrogen) atoms. The summed E-state index contributed by atoms with van der Waals surface area (Å²) in [7, 11) is 0. The number of alkyl halides is 2. The maximum absolute atomic E-state index is 12.8. The van der Waals surface area contributed by atoms with E-state index in [1.807, 2.05) is 0 Å². The summed E-state index contributed by atoms with van der Waals surface area (Å²) in [6.45, 7) is 1.86. The molecule has 3 heterocycles. The number of amides is 1. The van der Waals surface area contributed by atoms with Crippen molar-refractivity contribution in [2.75, 3.05) is 6.54 Å². The summed E-state index contributed by atoms with van der Waals surface area (Å²) in [5, 5.41) is 15.0. The van der Waals surface area contributed by atoms with E-state index in [2.05, 4.69) is 25.2 Å². The van der Waals surface area contributed by atoms with Gasteiger partial charge in [0.15, 0.2) is 0 Å². The Bertz CT molecular complexity index is 767. The predicted molar refractivity (Wildman–Crippen MR) is 86.3 cm³/mol. The molecule has 136 valence electrons. The molecule has 0 spiro atoms. The topological polar surface area (TPSA) is 77.6 Å². The Hall–Kier alpha value is -2.32. The molecule has 0 unspecified atom stereocenters. The number of hydrogen-bond donors (Lipinski definition) is 1. The molecule has 3 rings (SSSR count). The number of carbonyl (C=O) groups excluding carboxylic acids is 1. The molecule has 0 saturated heterocycles. The summed E-state index contributed by atoms with van der Waals surface area (Å²) >= 11 is 0. The molecule has 0 aromatic carbocycles. The van der Waals surface area contributed by atoms with Crippen LogP contribution in [0.25, 0.3) is 0 Å². The van der Waals surface area contributed by atoms with Crippen molar-refractivity contribution in [2.45, 2.75) is 59.0 Å². The molecule has 2 aromatic heterocycles. The Balaban J connectivity index is 1.55. The van der Waals surface area contributed by atoms with E-state index in [0.717, 1.165) is 37.5 Å². The van der Waals surface area contributed by atoms with E-state index in [9.17, 15) is 13.6 Å². The van der Waals surface area contributed by atoms with Gasteiger partial charge in [-0.05, 0) is 26.7 Å². The molecule has 0 atom stereocenters. The van der Waals surface area contributed by atoms with Crippen molar-refractivity contribution in [3.05, 3.63) is 28.6 Å². The van der Waals surface area contributed by atoms with Crippen LogP contribution in [0.15, 0.2) is 0 Å². The van der Waals surface area contributed by atoms with E-state index in [1.165, 1.54) is 0 Å². The van der Waals surface area contributed by atoms with Gasteiger partial charge in [-0.15, -0.1) is 10.2 Å². The molecule has 1 aliphatic rings. The lowest BCUT2D eigenvalue weighted by atomic mass is 10.1. The first kappa shape index (κ1) is 17.5. The van der Waals surface area contributed by atoms with Crippen LogP contribution < -0.4 is 5.32 Å². The molecular weight excluding hydrogens is 330 g/mol. The fraction of sp³-hybridized carbons (Fsp3) is 0.625. The van der Waals surface area contributed by atoms with Crippen molar-refractivity contribution in [1.82, 2.24) is 29.9 Å². The highest BCUT2D eigenvalue weighted by Gasteiger charge is 2.19. The molecule has 1 N–H and O–H groups in total. The maximum Gasteiger partial charge on any atom is 0.333 e. The molecular formula is C16H22F2N6O. The van der Waals surface area contributed by atoms with Crippen LogP contribution in [0.3, 0.4) is 0 Å². The molecule has 2 aromatic rings. The summed E-state index contributed by atoms with van der Waals surface area (Å²) in [5.41, 5.74) is 1.34. The van der Waals surface area contributed by atoms with Gasteiger partial charge in [0, 0.05) is 37.2 Å². The first-order valence-electron chi connectivity index (χ1n) is 8.47. The van der Waals surface area contributed by atoms with Gasteiger partial charge in [-0.25, -0.2) is 4.68 Å². The second-order valence-corrected chi connectivity index (χ2v) is 6.29. The number of aromatic nitrogens is 5. The third-order valence-electron chi connectivity index (χ3n) is 4.60. The molecule has 0 bridgehead atoms. The SMILES string of the molecule is Cc1nn(C(F)F)c(C)c1CC(=O)NCCc1nnc2n1CCCC2. The normalized spacial score (nSPS) is 14.0. The first-order chi connectivity index (χ1) is 12.0. The van der Waals surface area contributed by atoms with Gasteiger partial charge in [0.25, 0.3) is 0 Å². The number of fused-ring (bicyclic) bond motifs is 1. The maximum atomic E-state index is 12.8. The zero-order valence-corrected chi connectivity index (χ0v) is 14.4. The fourth-order valence-electron chi connectivity index (χ4n) is 3.23. The Kier molecular flexibility index (Phi) is 5.10. The molecule has 7 nitrogen and oxygen atoms in total. The van der Waals surface area contributed by atoms with E-state index >= 15 is 0 Å². The van der Waals surface area contributed by atoms with Crippen LogP contribution in [0.2, 0.25) is 0 Å². The van der Waals surface area contributed by atoms with Gasteiger partial charge in [0.2, 0.25) is 5.91 Å². The van der Waals surface area contributed by atoms with Crippen molar-refractivity contribution in [3.63, 3.8) is 0 Å². The molecule has 0 saturated carbocycles. The smallest absolute Gasteiger partial charge is 0.333 e. The van der Waals surface area contributed by atoms with E-state index in [-0.39, 0.29) is 12.3 Å². The molecule has 1 amide bonds. The molecule has 9 heteroatoms. The van der Waals surface area contributed by atoms with E-state index < -0.39 is 6.55 Å². The van der Waals surface area contributed by atoms with E-state index in [1.54, 1.807) is 13.8 Å². The summed E-state index contributed by atoms with van der Waals surface area (Å²) in [5.74, 6) is 1.68. The van der Waals surface area contributed by atoms with Crippen LogP contribution in [0, 0.1) is 13.8 Å². The van der Waals surface area contributed by atoms with Gasteiger partial charge in [0.05, 0.1) is 12.1 Å². The summed E-state index contributed by atoms with van der Waals surface area (Å²) in [6.07, 6.45) is 3.86. The number of hydrogen-bond acceptors (Lipinski definition) is 4. The van der Waals surface area contributed by atoms with Crippen LogP contribution in [0.1, 0.15) is 48.0 Å². The van der Waals surface area contributed by atoms with Crippen molar-refractivity contribution in [3.8, 4) is 0 Å². The highest BCUT2D eigenvalue weighted by molar-refractivity contribution is 5.79. The zero-order chi connectivity index (χ0) is 18.0. The lowest BCUT2D eigenvalue weighted by Crippen LogP contribution is -2.28. The number of halogens is 2. The van der Waals surface area contributed by atoms with Crippen molar-refractivity contribution in [2.24, 2.45) is 0 Å².